The van der Waals surface area contributed by atoms with E-state index in [-0.39, 0.29) is 116 Å². The van der Waals surface area contributed by atoms with Crippen molar-refractivity contribution in [1.82, 2.24) is 35.7 Å². The zero-order valence-corrected chi connectivity index (χ0v) is 64.3. The second-order valence-corrected chi connectivity index (χ2v) is 31.3. The third-order valence-electron chi connectivity index (χ3n) is 19.8. The molecule has 6 rings (SSSR count). The molecule has 1 saturated heterocycles. The number of nitrogens with two attached hydrogens (primary N) is 1. The predicted octanol–water partition coefficient (Wildman–Crippen LogP) is 12.9. The molecule has 10 atom stereocenters. The van der Waals surface area contributed by atoms with Crippen LogP contribution in [-0.2, 0) is 60.8 Å². The van der Waals surface area contributed by atoms with Crippen LogP contribution in [0, 0.1) is 35.5 Å². The molecule has 0 radical (unpaired) electrons. The molecule has 3 heterocycles. The van der Waals surface area contributed by atoms with Gasteiger partial charge >= 0.3 is 12.1 Å². The fourth-order valence-corrected chi connectivity index (χ4v) is 15.7. The minimum absolute atomic E-state index is 0.0364. The number of primary amides is 1. The van der Waals surface area contributed by atoms with Crippen LogP contribution in [0.3, 0.4) is 0 Å². The standard InChI is InChI=1S/C77H109N9O13S3/c1-14-49(6)69(63(97-11)45-67(92)86-38-23-27-59(86)70(98-12)50(7)61(88)42-55(72-79-37-39-101-72)40-51-24-18-17-19-25-51)85(10)73(94)57(47(2)3)44-65(90)77(8,9)84-75(96)99-46-52-30-33-56(34-31-52)81-71(93)54(26-22-36-80-74(78)95)41-62(89)68(48(4)5)83-66(91)29-21-16-15-20-28-60(87)53-32-35-58-64(43-53)102-76(82-58)100-13/h17-19,24-25,30-35,37,39,43,47-50,54-55,57,59,63,68-70H,14-16,20-23,26-29,36,38,40-42,44-46H2,1-13H3,(H,81,93)(H,83,91)(H,84,96)(H3,78,80,95)/t49-,50-,54+,55+,57-,59-,63+,68-,69-,70+/m0/s1. The van der Waals surface area contributed by atoms with Crippen molar-refractivity contribution >= 4 is 109 Å². The van der Waals surface area contributed by atoms with Crippen molar-refractivity contribution in [3.63, 3.8) is 0 Å². The van der Waals surface area contributed by atoms with Crippen molar-refractivity contribution in [2.24, 2.45) is 41.2 Å². The van der Waals surface area contributed by atoms with Crippen molar-refractivity contribution in [2.75, 3.05) is 45.9 Å². The first-order chi connectivity index (χ1) is 48.6. The number of nitrogens with zero attached hydrogens (tertiary/aromatic N) is 4. The number of thiazole rings is 2. The number of hydrogen-bond acceptors (Lipinski definition) is 18. The average molecular weight is 1460 g/mol. The zero-order chi connectivity index (χ0) is 74.8. The van der Waals surface area contributed by atoms with E-state index in [0.29, 0.717) is 68.3 Å². The Bertz CT molecular complexity index is 3570. The van der Waals surface area contributed by atoms with Gasteiger partial charge in [-0.3, -0.25) is 38.4 Å². The lowest BCUT2D eigenvalue weighted by atomic mass is 9.83. The third kappa shape index (κ3) is 24.9. The molecule has 1 aliphatic heterocycles. The van der Waals surface area contributed by atoms with Gasteiger partial charge in [0.1, 0.15) is 12.4 Å². The smallest absolute Gasteiger partial charge is 0.408 e. The Kier molecular flexibility index (Phi) is 33.7. The van der Waals surface area contributed by atoms with Gasteiger partial charge in [-0.05, 0) is 124 Å². The number of urea groups is 1. The number of likely N-dealkylation sites (tertiary alicyclic amines) is 1. The van der Waals surface area contributed by atoms with E-state index >= 15 is 0 Å². The highest BCUT2D eigenvalue weighted by atomic mass is 32.2. The number of aromatic nitrogens is 2. The summed E-state index contributed by atoms with van der Waals surface area (Å²) in [6, 6.07) is 19.7. The molecule has 0 bridgehead atoms. The largest absolute Gasteiger partial charge is 0.445 e. The van der Waals surface area contributed by atoms with E-state index in [1.54, 1.807) is 86.5 Å². The lowest BCUT2D eigenvalue weighted by Gasteiger charge is -2.41. The highest BCUT2D eigenvalue weighted by Gasteiger charge is 2.44. The van der Waals surface area contributed by atoms with E-state index in [4.69, 9.17) is 19.9 Å². The topological polar surface area (TPSA) is 305 Å². The number of rotatable bonds is 44. The van der Waals surface area contributed by atoms with E-state index in [1.165, 1.54) is 18.4 Å². The number of unbranched alkanes of at least 4 members (excludes halogenated alkanes) is 3. The number of ketones is 4. The Morgan fingerprint density at radius 1 is 0.814 bits per heavy atom. The summed E-state index contributed by atoms with van der Waals surface area (Å²) in [5, 5.41) is 13.8. The average Bonchev–Trinajstić information content (AvgIpc) is 1.19. The molecule has 1 fully saturated rings. The Labute approximate surface area is 614 Å². The molecule has 0 unspecified atom stereocenters. The molecule has 22 nitrogen and oxygen atoms in total. The second-order valence-electron chi connectivity index (χ2n) is 28.3. The Morgan fingerprint density at radius 3 is 2.15 bits per heavy atom. The van der Waals surface area contributed by atoms with Crippen LogP contribution >= 0.6 is 34.4 Å². The molecular formula is C77H109N9O13S3. The number of benzene rings is 3. The molecule has 7 amide bonds. The maximum Gasteiger partial charge on any atom is 0.408 e. The van der Waals surface area contributed by atoms with Crippen LogP contribution < -0.4 is 27.0 Å². The number of fused-ring (bicyclic) bond motifs is 1. The number of anilines is 1. The van der Waals surface area contributed by atoms with E-state index in [9.17, 15) is 47.9 Å². The molecule has 0 spiro atoms. The molecule has 2 aromatic heterocycles. The van der Waals surface area contributed by atoms with Crippen LogP contribution in [-0.4, -0.2) is 155 Å². The highest BCUT2D eigenvalue weighted by Crippen LogP contribution is 2.35. The molecule has 102 heavy (non-hydrogen) atoms. The summed E-state index contributed by atoms with van der Waals surface area (Å²) in [7, 11) is 4.82. The molecule has 3 aromatic carbocycles. The summed E-state index contributed by atoms with van der Waals surface area (Å²) in [6.07, 6.45) is 8.02. The van der Waals surface area contributed by atoms with Crippen LogP contribution in [0.1, 0.15) is 191 Å². The molecular weight excluding hydrogens is 1360 g/mol. The Morgan fingerprint density at radius 2 is 1.52 bits per heavy atom. The number of carbonyl (C=O) groups is 10. The number of alkyl carbamates (subject to hydrolysis) is 1. The van der Waals surface area contributed by atoms with Gasteiger partial charge in [0.2, 0.25) is 23.6 Å². The summed E-state index contributed by atoms with van der Waals surface area (Å²) in [6.45, 7) is 16.8. The number of nitrogens with one attached hydrogen (secondary N) is 4. The van der Waals surface area contributed by atoms with Crippen LogP contribution in [0.15, 0.2) is 88.7 Å². The van der Waals surface area contributed by atoms with Crippen molar-refractivity contribution in [3.8, 4) is 0 Å². The fraction of sp³-hybridized carbons (Fsp3) is 0.584. The summed E-state index contributed by atoms with van der Waals surface area (Å²) in [5.74, 6) is -4.81. The first-order valence-corrected chi connectivity index (χ1v) is 38.8. The van der Waals surface area contributed by atoms with Crippen LogP contribution in [0.25, 0.3) is 10.2 Å². The van der Waals surface area contributed by atoms with Crippen LogP contribution in [0.5, 0.6) is 0 Å². The van der Waals surface area contributed by atoms with Crippen LogP contribution in [0.4, 0.5) is 15.3 Å². The number of likely N-dealkylation sites (N-methyl/N-ethyl adjacent to an activating group) is 1. The minimum atomic E-state index is -1.47. The number of carbonyl (C=O) groups excluding carboxylic acids is 10. The summed E-state index contributed by atoms with van der Waals surface area (Å²) in [4.78, 5) is 149. The molecule has 0 aliphatic carbocycles. The van der Waals surface area contributed by atoms with Gasteiger partial charge in [-0.2, -0.15) is 0 Å². The van der Waals surface area contributed by atoms with Crippen molar-refractivity contribution in [3.05, 3.63) is 106 Å². The van der Waals surface area contributed by atoms with Gasteiger partial charge in [-0.15, -0.1) is 22.7 Å². The Hall–Kier alpha value is -7.45. The SMILES string of the molecule is CC[C@H](C)[C@@H]([C@@H](CC(=O)N1CCC[C@H]1[C@H](OC)[C@@H](C)C(=O)C[C@@H](Cc1ccccc1)c1nccs1)OC)N(C)C(=O)[C@@H](CC(=O)C(C)(C)NC(=O)OCc1ccc(NC(=O)[C@H](CCCNC(N)=O)CC(=O)[C@@H](NC(=O)CCCCCCC(=O)c2ccc3nc(SC)sc3c2)C(C)C)cc1)C(C)C. The first-order valence-electron chi connectivity index (χ1n) is 35.9. The quantitative estimate of drug-likeness (QED) is 0.0137. The number of thioether (sulfide) groups is 1. The monoisotopic (exact) mass is 1460 g/mol. The van der Waals surface area contributed by atoms with Gasteiger partial charge in [0.15, 0.2) is 21.7 Å². The molecule has 5 aromatic rings. The maximum atomic E-state index is 14.8. The Balaban J connectivity index is 0.984. The van der Waals surface area contributed by atoms with E-state index in [1.807, 2.05) is 101 Å². The molecule has 25 heteroatoms. The number of amides is 7. The van der Waals surface area contributed by atoms with Crippen molar-refractivity contribution in [1.29, 1.82) is 0 Å². The van der Waals surface area contributed by atoms with Gasteiger partial charge < -0.3 is 51.0 Å². The predicted molar refractivity (Wildman–Crippen MR) is 401 cm³/mol. The number of hydrogen-bond donors (Lipinski definition) is 5. The summed E-state index contributed by atoms with van der Waals surface area (Å²) in [5.41, 5.74) is 7.44. The highest BCUT2D eigenvalue weighted by molar-refractivity contribution is 8.00. The first kappa shape index (κ1) is 83.5. The lowest BCUT2D eigenvalue weighted by Crippen LogP contribution is -2.55. The van der Waals surface area contributed by atoms with E-state index < -0.39 is 71.4 Å². The van der Waals surface area contributed by atoms with Crippen molar-refractivity contribution < 1.29 is 62.2 Å². The van der Waals surface area contributed by atoms with Crippen LogP contribution in [0.2, 0.25) is 0 Å². The number of Topliss-reactive ketones (excluding diaryl/α,β-unsaturated/α-hetero) is 4. The third-order valence-corrected chi connectivity index (χ3v) is 22.7. The minimum Gasteiger partial charge on any atom is -0.445 e. The fourth-order valence-electron chi connectivity index (χ4n) is 13.5. The molecule has 0 saturated carbocycles. The van der Waals surface area contributed by atoms with E-state index in [0.717, 1.165) is 44.4 Å². The lowest BCUT2D eigenvalue weighted by molar-refractivity contribution is -0.149. The molecule has 6 N–H and O–H groups in total. The maximum absolute atomic E-state index is 14.8. The van der Waals surface area contributed by atoms with Gasteiger partial charge in [-0.25, -0.2) is 19.6 Å². The summed E-state index contributed by atoms with van der Waals surface area (Å²) >= 11 is 4.67. The second kappa shape index (κ2) is 41.1. The van der Waals surface area contributed by atoms with E-state index in [2.05, 4.69) is 43.4 Å². The molecule has 1 aliphatic rings. The van der Waals surface area contributed by atoms with Gasteiger partial charge in [0, 0.05) is 113 Å². The normalized spacial score (nSPS) is 15.9. The van der Waals surface area contributed by atoms with Crippen molar-refractivity contribution in [2.45, 2.75) is 218 Å². The van der Waals surface area contributed by atoms with Gasteiger partial charge in [0.05, 0.1) is 57.5 Å². The van der Waals surface area contributed by atoms with Gasteiger partial charge in [0.25, 0.3) is 0 Å². The zero-order valence-electron chi connectivity index (χ0n) is 61.8. The number of ether oxygens (including phenoxy) is 3. The van der Waals surface area contributed by atoms with Gasteiger partial charge in [-0.1, -0.05) is 122 Å². The summed E-state index contributed by atoms with van der Waals surface area (Å²) < 4.78 is 19.8. The number of methoxy groups -OCH3 is 2. The molecule has 558 valence electrons.